The summed E-state index contributed by atoms with van der Waals surface area (Å²) in [5.41, 5.74) is 2.16. The molecule has 0 N–H and O–H groups in total. The first-order valence-corrected chi connectivity index (χ1v) is 15.1. The monoisotopic (exact) mass is 609 g/mol. The summed E-state index contributed by atoms with van der Waals surface area (Å²) in [5.74, 6) is 0. The molecule has 0 aromatic carbocycles. The molecule has 1 fully saturated rings. The van der Waals surface area contributed by atoms with Gasteiger partial charge in [0, 0.05) is 13.0 Å². The van der Waals surface area contributed by atoms with Gasteiger partial charge in [0.1, 0.15) is 12.6 Å². The van der Waals surface area contributed by atoms with Gasteiger partial charge in [-0.1, -0.05) is 108 Å². The van der Waals surface area contributed by atoms with E-state index in [1.165, 1.54) is 96.3 Å². The predicted octanol–water partition coefficient (Wildman–Crippen LogP) is 4.84. The number of rotatable bonds is 23. The number of thiazole rings is 1. The van der Waals surface area contributed by atoms with Gasteiger partial charge in [0.15, 0.2) is 12.5 Å². The maximum atomic E-state index is 6.00. The molecule has 0 spiro atoms. The molecule has 200 valence electrons. The lowest BCUT2D eigenvalue weighted by atomic mass is 10.0. The minimum absolute atomic E-state index is 0. The summed E-state index contributed by atoms with van der Waals surface area (Å²) in [6.45, 7) is 5.54. The average molecular weight is 610 g/mol. The van der Waals surface area contributed by atoms with Crippen molar-refractivity contribution < 1.29 is 42.8 Å². The Morgan fingerprint density at radius 3 is 2.03 bits per heavy atom. The summed E-state index contributed by atoms with van der Waals surface area (Å²) in [7, 11) is 0. The lowest BCUT2D eigenvalue weighted by molar-refractivity contribution is -0.692. The Bertz CT molecular complexity index is 532. The molecule has 0 bridgehead atoms. The van der Waals surface area contributed by atoms with E-state index < -0.39 is 0 Å². The standard InChI is InChI=1S/C28H52NO3S.HI/c1-2-3-4-5-6-7-8-9-10-11-12-13-14-15-16-19-28-31-25-27(32-28)24-30-22-18-17-20-29-21-23-33-26-29;/h21,23,26-28H,2-20,22,24-25H2,1H3;1H/q+1;/p-1/t27-,28-;/m0./s1. The van der Waals surface area contributed by atoms with Crippen molar-refractivity contribution in [3.8, 4) is 0 Å². The molecule has 4 nitrogen and oxygen atoms in total. The molecule has 2 atom stereocenters. The van der Waals surface area contributed by atoms with Crippen LogP contribution < -0.4 is 28.5 Å². The van der Waals surface area contributed by atoms with Crippen molar-refractivity contribution in [2.45, 2.75) is 141 Å². The van der Waals surface area contributed by atoms with E-state index >= 15 is 0 Å². The van der Waals surface area contributed by atoms with Crippen LogP contribution in [0, 0.1) is 0 Å². The second-order valence-electron chi connectivity index (χ2n) is 9.81. The van der Waals surface area contributed by atoms with Crippen LogP contribution in [-0.4, -0.2) is 32.2 Å². The van der Waals surface area contributed by atoms with Crippen LogP contribution in [0.2, 0.25) is 0 Å². The molecule has 0 amide bonds. The highest BCUT2D eigenvalue weighted by atomic mass is 127. The van der Waals surface area contributed by atoms with Gasteiger partial charge in [0.25, 0.3) is 0 Å². The maximum Gasteiger partial charge on any atom is 0.224 e. The van der Waals surface area contributed by atoms with Crippen molar-refractivity contribution in [2.75, 3.05) is 19.8 Å². The van der Waals surface area contributed by atoms with Crippen LogP contribution in [0.1, 0.15) is 122 Å². The third-order valence-corrected chi connectivity index (χ3v) is 7.31. The van der Waals surface area contributed by atoms with E-state index in [-0.39, 0.29) is 36.4 Å². The molecule has 1 aromatic rings. The van der Waals surface area contributed by atoms with Crippen LogP contribution >= 0.6 is 11.3 Å². The maximum absolute atomic E-state index is 6.00. The summed E-state index contributed by atoms with van der Waals surface area (Å²) in [6.07, 6.45) is 26.6. The first-order valence-electron chi connectivity index (χ1n) is 14.1. The van der Waals surface area contributed by atoms with Crippen molar-refractivity contribution in [3.63, 3.8) is 0 Å². The smallest absolute Gasteiger partial charge is 0.224 e. The van der Waals surface area contributed by atoms with Gasteiger partial charge < -0.3 is 38.2 Å². The van der Waals surface area contributed by atoms with E-state index in [9.17, 15) is 0 Å². The van der Waals surface area contributed by atoms with Gasteiger partial charge in [-0.25, -0.2) is 0 Å². The molecular weight excluding hydrogens is 557 g/mol. The molecule has 0 saturated carbocycles. The Morgan fingerprint density at radius 1 is 0.824 bits per heavy atom. The number of aromatic nitrogens is 1. The molecular formula is C28H52INO3S. The van der Waals surface area contributed by atoms with Crippen molar-refractivity contribution >= 4 is 11.3 Å². The Balaban J connectivity index is 0.00000578. The summed E-state index contributed by atoms with van der Waals surface area (Å²) in [5, 5.41) is 2.11. The van der Waals surface area contributed by atoms with Crippen LogP contribution in [0.3, 0.4) is 0 Å². The summed E-state index contributed by atoms with van der Waals surface area (Å²) >= 11 is 1.74. The Hall–Kier alpha value is 0.240. The molecule has 34 heavy (non-hydrogen) atoms. The van der Waals surface area contributed by atoms with Gasteiger partial charge in [-0.2, -0.15) is 4.57 Å². The second kappa shape index (κ2) is 23.6. The SMILES string of the molecule is CCCCCCCCCCCCCCCCC[C@H]1OC[C@H](COCCCC[n+]2ccsc2)O1.[I-]. The van der Waals surface area contributed by atoms with E-state index in [4.69, 9.17) is 14.2 Å². The highest BCUT2D eigenvalue weighted by molar-refractivity contribution is 7.07. The fraction of sp³-hybridized carbons (Fsp3) is 0.893. The van der Waals surface area contributed by atoms with Gasteiger partial charge in [0.2, 0.25) is 5.51 Å². The van der Waals surface area contributed by atoms with Gasteiger partial charge in [-0.15, -0.1) is 0 Å². The van der Waals surface area contributed by atoms with Crippen molar-refractivity contribution in [1.82, 2.24) is 0 Å². The average Bonchev–Trinajstić information content (AvgIpc) is 3.51. The fourth-order valence-electron chi connectivity index (χ4n) is 4.53. The van der Waals surface area contributed by atoms with Crippen LogP contribution in [0.5, 0.6) is 0 Å². The molecule has 6 heteroatoms. The molecule has 2 heterocycles. The van der Waals surface area contributed by atoms with E-state index in [1.54, 1.807) is 11.3 Å². The molecule has 0 radical (unpaired) electrons. The Morgan fingerprint density at radius 2 is 1.44 bits per heavy atom. The largest absolute Gasteiger partial charge is 1.00 e. The summed E-state index contributed by atoms with van der Waals surface area (Å²) in [6, 6.07) is 0. The van der Waals surface area contributed by atoms with Crippen molar-refractivity contribution in [2.24, 2.45) is 0 Å². The molecule has 2 rings (SSSR count). The highest BCUT2D eigenvalue weighted by Crippen LogP contribution is 2.19. The highest BCUT2D eigenvalue weighted by Gasteiger charge is 2.25. The van der Waals surface area contributed by atoms with Crippen LogP contribution in [-0.2, 0) is 20.8 Å². The van der Waals surface area contributed by atoms with Crippen LogP contribution in [0.4, 0.5) is 0 Å². The van der Waals surface area contributed by atoms with Gasteiger partial charge in [-0.3, -0.25) is 0 Å². The molecule has 0 aliphatic carbocycles. The van der Waals surface area contributed by atoms with Gasteiger partial charge in [-0.05, 0) is 19.3 Å². The molecule has 1 aliphatic heterocycles. The van der Waals surface area contributed by atoms with Crippen LogP contribution in [0.25, 0.3) is 0 Å². The first-order chi connectivity index (χ1) is 16.4. The lowest BCUT2D eigenvalue weighted by Crippen LogP contribution is -3.00. The third kappa shape index (κ3) is 17.6. The van der Waals surface area contributed by atoms with E-state index in [0.717, 1.165) is 32.4 Å². The third-order valence-electron chi connectivity index (χ3n) is 6.64. The zero-order chi connectivity index (χ0) is 23.2. The first kappa shape index (κ1) is 32.3. The zero-order valence-electron chi connectivity index (χ0n) is 21.9. The Labute approximate surface area is 231 Å². The number of hydrogen-bond acceptors (Lipinski definition) is 4. The fourth-order valence-corrected chi connectivity index (χ4v) is 5.16. The number of halogens is 1. The summed E-state index contributed by atoms with van der Waals surface area (Å²) < 4.78 is 19.8. The normalized spacial score (nSPS) is 17.8. The molecule has 1 saturated heterocycles. The number of aryl methyl sites for hydroxylation is 1. The van der Waals surface area contributed by atoms with Gasteiger partial charge >= 0.3 is 0 Å². The van der Waals surface area contributed by atoms with Crippen LogP contribution in [0.15, 0.2) is 17.1 Å². The Kier molecular flexibility index (Phi) is 22.4. The van der Waals surface area contributed by atoms with E-state index in [1.807, 2.05) is 0 Å². The number of unbranched alkanes of at least 4 members (excludes halogenated alkanes) is 15. The minimum Gasteiger partial charge on any atom is -1.00 e. The molecule has 1 aliphatic rings. The number of ether oxygens (including phenoxy) is 3. The molecule has 0 unspecified atom stereocenters. The molecule has 1 aromatic heterocycles. The van der Waals surface area contributed by atoms with Crippen molar-refractivity contribution in [3.05, 3.63) is 17.1 Å². The van der Waals surface area contributed by atoms with E-state index in [0.29, 0.717) is 13.2 Å². The van der Waals surface area contributed by atoms with Gasteiger partial charge in [0.05, 0.1) is 18.6 Å². The topological polar surface area (TPSA) is 31.6 Å². The number of hydrogen-bond donors (Lipinski definition) is 0. The number of nitrogens with zero attached hydrogens (tertiary/aromatic N) is 1. The van der Waals surface area contributed by atoms with Crippen molar-refractivity contribution in [1.29, 1.82) is 0 Å². The second-order valence-corrected chi connectivity index (χ2v) is 10.6. The zero-order valence-corrected chi connectivity index (χ0v) is 24.9. The minimum atomic E-state index is -0.00411. The predicted molar refractivity (Wildman–Crippen MR) is 139 cm³/mol. The van der Waals surface area contributed by atoms with E-state index in [2.05, 4.69) is 28.6 Å². The lowest BCUT2D eigenvalue weighted by Gasteiger charge is -2.11. The quantitative estimate of drug-likeness (QED) is 0.101. The summed E-state index contributed by atoms with van der Waals surface area (Å²) in [4.78, 5) is 0.